The van der Waals surface area contributed by atoms with E-state index in [1.165, 1.54) is 4.90 Å². The number of carbonyl (C=O) groups is 3. The molecule has 0 saturated carbocycles. The highest BCUT2D eigenvalue weighted by atomic mass is 32.1. The van der Waals surface area contributed by atoms with Crippen LogP contribution >= 0.6 is 11.3 Å². The molecule has 3 amide bonds. The van der Waals surface area contributed by atoms with Crippen LogP contribution in [0, 0.1) is 18.8 Å². The van der Waals surface area contributed by atoms with Crippen molar-refractivity contribution in [2.45, 2.75) is 83.6 Å². The summed E-state index contributed by atoms with van der Waals surface area (Å²) in [5.74, 6) is -0.383. The average molecular weight is 919 g/mol. The fraction of sp³-hybridized carbons (Fsp3) is 0.479. The number of piperidine rings is 1. The van der Waals surface area contributed by atoms with Gasteiger partial charge in [-0.3, -0.25) is 19.3 Å². The highest BCUT2D eigenvalue weighted by Crippen LogP contribution is 2.38. The first-order chi connectivity index (χ1) is 31.8. The van der Waals surface area contributed by atoms with Gasteiger partial charge in [0, 0.05) is 69.9 Å². The van der Waals surface area contributed by atoms with Gasteiger partial charge in [-0.05, 0) is 66.6 Å². The Morgan fingerprint density at radius 1 is 1.02 bits per heavy atom. The van der Waals surface area contributed by atoms with Crippen molar-refractivity contribution >= 4 is 40.6 Å². The second-order valence-corrected chi connectivity index (χ2v) is 19.3. The number of benzene rings is 2. The summed E-state index contributed by atoms with van der Waals surface area (Å²) in [5, 5.41) is 40.6. The topological polar surface area (TPSA) is 203 Å². The van der Waals surface area contributed by atoms with E-state index in [4.69, 9.17) is 9.26 Å². The molecule has 7 atom stereocenters. The minimum absolute atomic E-state index is 0.0133. The number of para-hydroxylation sites is 1. The number of amides is 3. The number of carbonyl (C=O) groups excluding carboxylic acids is 3. The smallest absolute Gasteiger partial charge is 0.260 e. The number of aromatic nitrogens is 4. The number of hydrogen-bond donors (Lipinski definition) is 4. The molecular weight excluding hydrogens is 861 g/mol. The highest BCUT2D eigenvalue weighted by molar-refractivity contribution is 7.13. The normalized spacial score (nSPS) is 22.9. The number of aromatic hydroxyl groups is 1. The molecule has 3 saturated heterocycles. The molecule has 18 heteroatoms. The van der Waals surface area contributed by atoms with Gasteiger partial charge in [-0.15, -0.1) is 21.5 Å². The number of fused-ring (bicyclic) bond motifs is 3. The Morgan fingerprint density at radius 2 is 1.82 bits per heavy atom. The molecular formula is C48H58N10O7S. The Kier molecular flexibility index (Phi) is 13.0. The number of phenols is 1. The van der Waals surface area contributed by atoms with Gasteiger partial charge in [0.15, 0.2) is 18.2 Å². The molecule has 7 heterocycles. The first-order valence-electron chi connectivity index (χ1n) is 22.9. The van der Waals surface area contributed by atoms with E-state index in [-0.39, 0.29) is 78.6 Å². The number of hydrogen-bond acceptors (Lipinski definition) is 15. The number of thiazole rings is 1. The Balaban J connectivity index is 0.768. The number of aliphatic hydroxyl groups is 1. The van der Waals surface area contributed by atoms with Crippen molar-refractivity contribution in [3.63, 3.8) is 0 Å². The summed E-state index contributed by atoms with van der Waals surface area (Å²) >= 11 is 1.58. The number of anilines is 2. The highest BCUT2D eigenvalue weighted by Gasteiger charge is 2.44. The van der Waals surface area contributed by atoms with Crippen molar-refractivity contribution in [3.05, 3.63) is 83.2 Å². The fourth-order valence-electron chi connectivity index (χ4n) is 10.2. The summed E-state index contributed by atoms with van der Waals surface area (Å²) < 4.78 is 11.5. The number of β-amino-alcohol motifs (C(OH)–C–C–N with tert-alkyl or cyclic N) is 1. The van der Waals surface area contributed by atoms with Crippen LogP contribution in [-0.2, 0) is 14.4 Å². The number of aryl methyl sites for hydroxylation is 1. The van der Waals surface area contributed by atoms with Crippen LogP contribution < -0.4 is 20.3 Å². The van der Waals surface area contributed by atoms with Crippen molar-refractivity contribution in [1.82, 2.24) is 40.4 Å². The molecule has 4 aliphatic rings. The molecule has 0 aliphatic carbocycles. The van der Waals surface area contributed by atoms with Crippen LogP contribution in [0.15, 0.2) is 70.7 Å². The third-order valence-corrected chi connectivity index (χ3v) is 14.7. The number of likely N-dealkylation sites (tertiary alicyclic amines) is 2. The van der Waals surface area contributed by atoms with Crippen LogP contribution in [0.2, 0.25) is 0 Å². The summed E-state index contributed by atoms with van der Waals surface area (Å²) in [5.41, 5.74) is 7.03. The molecule has 4 N–H and O–H groups in total. The van der Waals surface area contributed by atoms with Crippen molar-refractivity contribution in [2.24, 2.45) is 11.8 Å². The Morgan fingerprint density at radius 3 is 2.56 bits per heavy atom. The van der Waals surface area contributed by atoms with Gasteiger partial charge in [0.2, 0.25) is 11.8 Å². The average Bonchev–Trinajstić information content (AvgIpc) is 4.07. The predicted octanol–water partition coefficient (Wildman–Crippen LogP) is 5.08. The van der Waals surface area contributed by atoms with E-state index < -0.39 is 18.1 Å². The molecule has 9 rings (SSSR count). The molecule has 3 fully saturated rings. The lowest BCUT2D eigenvalue weighted by Gasteiger charge is -2.50. The second-order valence-electron chi connectivity index (χ2n) is 18.5. The number of rotatable bonds is 12. The minimum Gasteiger partial charge on any atom is -0.507 e. The molecule has 3 aromatic heterocycles. The van der Waals surface area contributed by atoms with Gasteiger partial charge in [-0.2, -0.15) is 0 Å². The summed E-state index contributed by atoms with van der Waals surface area (Å²) in [6.07, 6.45) is 0.0929. The predicted molar refractivity (Wildman–Crippen MR) is 249 cm³/mol. The first-order valence-corrected chi connectivity index (χ1v) is 23.8. The van der Waals surface area contributed by atoms with Gasteiger partial charge in [-0.25, -0.2) is 4.98 Å². The number of nitrogens with one attached hydrogen (secondary N) is 2. The number of phenolic OH excluding ortho intramolecular Hbond substituents is 1. The second kappa shape index (κ2) is 19.0. The van der Waals surface area contributed by atoms with Gasteiger partial charge in [0.25, 0.3) is 11.8 Å². The number of ether oxygens (including phenoxy) is 1. The van der Waals surface area contributed by atoms with Crippen molar-refractivity contribution in [2.75, 3.05) is 62.6 Å². The molecule has 0 spiro atoms. The maximum atomic E-state index is 14.2. The largest absolute Gasteiger partial charge is 0.507 e. The molecule has 0 radical (unpaired) electrons. The van der Waals surface area contributed by atoms with Crippen molar-refractivity contribution < 1.29 is 33.9 Å². The van der Waals surface area contributed by atoms with E-state index in [2.05, 4.69) is 47.7 Å². The minimum atomic E-state index is -0.870. The lowest BCUT2D eigenvalue weighted by Crippen LogP contribution is -2.62. The van der Waals surface area contributed by atoms with Gasteiger partial charge < -0.3 is 44.8 Å². The molecule has 4 aliphatic heterocycles. The first kappa shape index (κ1) is 45.1. The molecule has 2 aromatic carbocycles. The van der Waals surface area contributed by atoms with Gasteiger partial charge in [-0.1, -0.05) is 57.2 Å². The van der Waals surface area contributed by atoms with E-state index in [1.54, 1.807) is 29.5 Å². The molecule has 348 valence electrons. The third-order valence-electron chi connectivity index (χ3n) is 13.7. The monoisotopic (exact) mass is 918 g/mol. The van der Waals surface area contributed by atoms with Crippen LogP contribution in [0.3, 0.4) is 0 Å². The van der Waals surface area contributed by atoms with E-state index in [0.29, 0.717) is 30.4 Å². The van der Waals surface area contributed by atoms with Crippen LogP contribution in [0.25, 0.3) is 21.7 Å². The maximum absolute atomic E-state index is 14.2. The molecule has 66 heavy (non-hydrogen) atoms. The Hall–Kier alpha value is -6.11. The van der Waals surface area contributed by atoms with Crippen molar-refractivity contribution in [3.8, 4) is 33.3 Å². The molecule has 0 bridgehead atoms. The van der Waals surface area contributed by atoms with E-state index in [1.807, 2.05) is 80.6 Å². The third kappa shape index (κ3) is 9.18. The van der Waals surface area contributed by atoms with Crippen LogP contribution in [0.5, 0.6) is 11.6 Å². The van der Waals surface area contributed by atoms with E-state index >= 15 is 0 Å². The number of nitrogens with zero attached hydrogens (tertiary/aromatic N) is 8. The molecule has 2 unspecified atom stereocenters. The summed E-state index contributed by atoms with van der Waals surface area (Å²) in [4.78, 5) is 55.2. The zero-order valence-corrected chi connectivity index (χ0v) is 38.8. The number of piperazine rings is 1. The fourth-order valence-corrected chi connectivity index (χ4v) is 11.0. The standard InChI is InChI=1S/C48H58N10O7S/c1-27(2)44(48(63)58-24-34(59)18-39(58)47(62)51-29(4)31-10-12-32(13-11-31)45-30(5)50-26-66-45)41-20-42(54-65-41)64-25-43(61)56-15-14-37(28(3)22-56)55-16-17-57-33(23-55)21-49-46-38(57)19-36(52-53-46)35-8-6-7-9-40(35)60/h6-13,19-20,26-29,33-34,37,39,44,59-60H,14-18,21-25H2,1-5H3,(H,49,53)(H,51,62)/t28?,29-,33-,34+,37?,39-,44+/m0/s1. The van der Waals surface area contributed by atoms with Crippen LogP contribution in [0.4, 0.5) is 11.5 Å². The lowest BCUT2D eigenvalue weighted by molar-refractivity contribution is -0.141. The van der Waals surface area contributed by atoms with Gasteiger partial charge >= 0.3 is 0 Å². The van der Waals surface area contributed by atoms with Gasteiger partial charge in [0.1, 0.15) is 17.7 Å². The summed E-state index contributed by atoms with van der Waals surface area (Å²) in [7, 11) is 0. The van der Waals surface area contributed by atoms with E-state index in [0.717, 1.165) is 65.8 Å². The lowest BCUT2D eigenvalue weighted by atomic mass is 9.90. The Labute approximate surface area is 388 Å². The molecule has 5 aromatic rings. The van der Waals surface area contributed by atoms with Gasteiger partial charge in [0.05, 0.1) is 45.7 Å². The zero-order valence-electron chi connectivity index (χ0n) is 38.0. The summed E-state index contributed by atoms with van der Waals surface area (Å²) in [6, 6.07) is 18.0. The zero-order chi connectivity index (χ0) is 46.2. The van der Waals surface area contributed by atoms with Crippen molar-refractivity contribution in [1.29, 1.82) is 0 Å². The van der Waals surface area contributed by atoms with E-state index in [9.17, 15) is 24.6 Å². The molecule has 17 nitrogen and oxygen atoms in total. The quantitative estimate of drug-likeness (QED) is 0.129. The number of aliphatic hydroxyl groups excluding tert-OH is 1. The SMILES string of the molecule is Cc1ncsc1-c1ccc([C@H](C)NC(=O)[C@@H]2C[C@@H](O)CN2C(=O)[C@@H](c2cc(OCC(=O)N3CCC(N4CCN5c6cc(-c7ccccc7O)nnc6NC[C@H]5C4)C(C)C3)no2)C(C)C)cc1. The summed E-state index contributed by atoms with van der Waals surface area (Å²) in [6.45, 7) is 14.1. The van der Waals surface area contributed by atoms with Crippen LogP contribution in [0.1, 0.15) is 69.5 Å². The van der Waals surface area contributed by atoms with Crippen LogP contribution in [-0.4, -0.2) is 140 Å². The maximum Gasteiger partial charge on any atom is 0.260 e. The Bertz CT molecular complexity index is 2550.